The number of nitrogens with one attached hydrogen (secondary N) is 2. The highest BCUT2D eigenvalue weighted by Gasteiger charge is 2.39. The van der Waals surface area contributed by atoms with Gasteiger partial charge in [0, 0.05) is 50.2 Å². The molecule has 3 aromatic heterocycles. The van der Waals surface area contributed by atoms with Crippen LogP contribution in [0, 0.1) is 6.92 Å². The van der Waals surface area contributed by atoms with Crippen LogP contribution in [0.5, 0.6) is 0 Å². The van der Waals surface area contributed by atoms with E-state index in [1.54, 1.807) is 88.5 Å². The fraction of sp³-hybridized carbons (Fsp3) is 0.441. The van der Waals surface area contributed by atoms with E-state index in [1.807, 2.05) is 109 Å². The van der Waals surface area contributed by atoms with Gasteiger partial charge < -0.3 is 75.7 Å². The van der Waals surface area contributed by atoms with Crippen molar-refractivity contribution in [3.8, 4) is 11.6 Å². The van der Waals surface area contributed by atoms with E-state index < -0.39 is 53.8 Å². The van der Waals surface area contributed by atoms with Crippen LogP contribution in [0.4, 0.5) is 59.3 Å². The molecule has 0 unspecified atom stereocenters. The Balaban J connectivity index is 0.000000171. The van der Waals surface area contributed by atoms with Crippen LogP contribution in [0.2, 0.25) is 5.82 Å². The van der Waals surface area contributed by atoms with Crippen molar-refractivity contribution in [3.63, 3.8) is 0 Å². The van der Waals surface area contributed by atoms with E-state index in [2.05, 4.69) is 85.2 Å². The van der Waals surface area contributed by atoms with Crippen LogP contribution < -0.4 is 38.5 Å². The number of alkyl halides is 1. The Morgan fingerprint density at radius 1 is 0.504 bits per heavy atom. The Bertz CT molecular complexity index is 5180. The second-order valence-electron chi connectivity index (χ2n) is 35.5. The number of nitrogens with two attached hydrogens (primary N) is 4. The molecule has 125 heavy (non-hydrogen) atoms. The van der Waals surface area contributed by atoms with Crippen molar-refractivity contribution < 1.29 is 86.3 Å². The number of ether oxygens (including phenoxy) is 7. The lowest BCUT2D eigenvalue weighted by Gasteiger charge is -2.29. The van der Waals surface area contributed by atoms with Crippen LogP contribution >= 0.6 is 31.9 Å². The molecule has 6 saturated carbocycles. The Labute approximate surface area is 747 Å². The van der Waals surface area contributed by atoms with Crippen LogP contribution in [0.3, 0.4) is 0 Å². The van der Waals surface area contributed by atoms with Gasteiger partial charge in [-0.2, -0.15) is 24.5 Å². The number of anilines is 7. The van der Waals surface area contributed by atoms with Crippen molar-refractivity contribution in [2.45, 2.75) is 243 Å². The van der Waals surface area contributed by atoms with Gasteiger partial charge in [0.2, 0.25) is 11.8 Å². The quantitative estimate of drug-likeness (QED) is 0.0134. The topological polar surface area (TPSA) is 432 Å². The number of carbonyl (C=O) groups is 7. The maximum Gasteiger partial charge on any atom is 0.454 e. The second kappa shape index (κ2) is 42.8. The first-order valence-electron chi connectivity index (χ1n) is 41.7. The van der Waals surface area contributed by atoms with Gasteiger partial charge in [-0.1, -0.05) is 65.2 Å². The van der Waals surface area contributed by atoms with Gasteiger partial charge in [0.15, 0.2) is 11.4 Å². The number of aliphatic hydroxyl groups excluding tert-OH is 1. The fourth-order valence-electron chi connectivity index (χ4n) is 12.7. The first-order chi connectivity index (χ1) is 58.8. The SMILES string of the molecule is CC(C)(C)OC(=O)Nc1ccc(CBr)cc1C1CC1.CC(C)(C)OC(=O)Nc1ccc(CO)cc1C1CC1.COC(=O)c1ccc(N(C(=O)OC(C)(C)C)C(=O)OC(C)(C)C)c(C2CC2)c1.COC(=O)c1ccc(N)c(Br)c1.COC(=O)c1ccc(N)c(C2CC2)c1.Cc1ccc(-c2nc(N)nc3c(Cc4ccc(N)c(C5CC5)c4)cnn23)o1.OB(O)C1CC1. The molecule has 0 spiro atoms. The van der Waals surface area contributed by atoms with E-state index in [0.717, 1.165) is 105 Å². The third-order valence-electron chi connectivity index (χ3n) is 19.7. The number of hydrogen-bond donors (Lipinski definition) is 9. The molecule has 9 aromatic rings. The van der Waals surface area contributed by atoms with Crippen LogP contribution in [-0.4, -0.2) is 128 Å². The van der Waals surface area contributed by atoms with Gasteiger partial charge in [0.25, 0.3) is 0 Å². The molecule has 670 valence electrons. The lowest BCUT2D eigenvalue weighted by molar-refractivity contribution is 0.0425. The van der Waals surface area contributed by atoms with Gasteiger partial charge in [-0.05, 0) is 335 Å². The molecule has 15 rings (SSSR count). The number of fused-ring (bicyclic) bond motifs is 1. The lowest BCUT2D eigenvalue weighted by Crippen LogP contribution is -2.44. The molecule has 0 bridgehead atoms. The molecule has 6 aromatic carbocycles. The Morgan fingerprint density at radius 2 is 0.912 bits per heavy atom. The molecule has 6 fully saturated rings. The first-order valence-corrected chi connectivity index (χ1v) is 43.6. The number of halogens is 2. The molecule has 13 N–H and O–H groups in total. The molecular formula is C93H118BBr2N11O18. The number of carbonyl (C=O) groups excluding carboxylic acids is 7. The summed E-state index contributed by atoms with van der Waals surface area (Å²) in [6.07, 6.45) is 13.3. The van der Waals surface area contributed by atoms with Gasteiger partial charge in [-0.15, -0.1) is 0 Å². The number of aryl methyl sites for hydroxylation is 1. The number of nitrogens with zero attached hydrogens (tertiary/aromatic N) is 5. The van der Waals surface area contributed by atoms with Crippen molar-refractivity contribution in [2.75, 3.05) is 59.8 Å². The minimum Gasteiger partial charge on any atom is -0.465 e. The highest BCUT2D eigenvalue weighted by molar-refractivity contribution is 9.10. The molecule has 0 aliphatic heterocycles. The summed E-state index contributed by atoms with van der Waals surface area (Å²) in [5.41, 5.74) is 37.0. The van der Waals surface area contributed by atoms with Crippen molar-refractivity contribution in [1.82, 2.24) is 19.6 Å². The van der Waals surface area contributed by atoms with Gasteiger partial charge >= 0.3 is 49.4 Å². The number of rotatable bonds is 17. The van der Waals surface area contributed by atoms with Gasteiger partial charge in [0.05, 0.1) is 56.5 Å². The van der Waals surface area contributed by atoms with E-state index in [1.165, 1.54) is 88.2 Å². The minimum absolute atomic E-state index is 0.0203. The maximum atomic E-state index is 12.9. The molecule has 6 aliphatic carbocycles. The molecular weight excluding hydrogens is 1730 g/mol. The molecule has 6 aliphatic rings. The third kappa shape index (κ3) is 30.7. The molecule has 32 heteroatoms. The zero-order valence-corrected chi connectivity index (χ0v) is 77.2. The predicted octanol–water partition coefficient (Wildman–Crippen LogP) is 19.9. The normalized spacial score (nSPS) is 14.5. The zero-order chi connectivity index (χ0) is 91.7. The summed E-state index contributed by atoms with van der Waals surface area (Å²) in [5, 5.41) is 36.6. The van der Waals surface area contributed by atoms with Crippen molar-refractivity contribution in [3.05, 3.63) is 205 Å². The summed E-state index contributed by atoms with van der Waals surface area (Å²) in [7, 11) is 2.99. The zero-order valence-electron chi connectivity index (χ0n) is 74.0. The highest BCUT2D eigenvalue weighted by Crippen LogP contribution is 2.49. The van der Waals surface area contributed by atoms with E-state index in [9.17, 15) is 38.7 Å². The number of benzene rings is 6. The number of imide groups is 1. The number of hydrogen-bond acceptors (Lipinski definition) is 25. The first kappa shape index (κ1) is 97.7. The van der Waals surface area contributed by atoms with Crippen molar-refractivity contribution >= 4 is 127 Å². The summed E-state index contributed by atoms with van der Waals surface area (Å²) in [5.74, 6) is 3.65. The molecule has 29 nitrogen and oxygen atoms in total. The average Bonchev–Trinajstić information content (AvgIpc) is 0.999. The van der Waals surface area contributed by atoms with Crippen LogP contribution in [0.15, 0.2) is 136 Å². The molecule has 0 saturated heterocycles. The maximum absolute atomic E-state index is 12.9. The average molecular weight is 1850 g/mol. The van der Waals surface area contributed by atoms with Crippen LogP contribution in [0.25, 0.3) is 17.2 Å². The summed E-state index contributed by atoms with van der Waals surface area (Å²) < 4.78 is 43.5. The fourth-order valence-corrected chi connectivity index (χ4v) is 13.5. The lowest BCUT2D eigenvalue weighted by atomic mass is 9.84. The predicted molar refractivity (Wildman–Crippen MR) is 490 cm³/mol. The number of esters is 3. The largest absolute Gasteiger partial charge is 0.465 e. The minimum atomic E-state index is -1.04. The summed E-state index contributed by atoms with van der Waals surface area (Å²) in [6, 6.07) is 36.8. The Morgan fingerprint density at radius 3 is 1.33 bits per heavy atom. The van der Waals surface area contributed by atoms with Gasteiger partial charge in [-0.25, -0.2) is 33.6 Å². The smallest absolute Gasteiger partial charge is 0.454 e. The van der Waals surface area contributed by atoms with Gasteiger partial charge in [0.1, 0.15) is 28.2 Å². The number of aliphatic hydroxyl groups is 1. The van der Waals surface area contributed by atoms with Crippen LogP contribution in [-0.2, 0) is 51.5 Å². The van der Waals surface area contributed by atoms with E-state index in [-0.39, 0.29) is 42.3 Å². The van der Waals surface area contributed by atoms with Crippen LogP contribution in [0.1, 0.15) is 277 Å². The van der Waals surface area contributed by atoms with Crippen molar-refractivity contribution in [2.24, 2.45) is 0 Å². The Kier molecular flexibility index (Phi) is 33.4. The summed E-state index contributed by atoms with van der Waals surface area (Å²) in [4.78, 5) is 93.2. The number of nitrogen functional groups attached to an aromatic ring is 4. The van der Waals surface area contributed by atoms with Gasteiger partial charge in [-0.3, -0.25) is 10.6 Å². The van der Waals surface area contributed by atoms with E-state index in [4.69, 9.17) is 61.1 Å². The van der Waals surface area contributed by atoms with Crippen molar-refractivity contribution in [1.29, 1.82) is 0 Å². The molecule has 0 atom stereocenters. The molecule has 0 radical (unpaired) electrons. The Hall–Kier alpha value is -11.1. The number of aromatic nitrogens is 4. The van der Waals surface area contributed by atoms with E-state index in [0.29, 0.717) is 79.9 Å². The monoisotopic (exact) mass is 1850 g/mol. The molecule has 4 amide bonds. The summed E-state index contributed by atoms with van der Waals surface area (Å²) in [6.45, 7) is 23.3. The molecule has 3 heterocycles. The summed E-state index contributed by atoms with van der Waals surface area (Å²) >= 11 is 6.68. The number of furan rings is 1. The number of amides is 4. The second-order valence-corrected chi connectivity index (χ2v) is 36.9. The third-order valence-corrected chi connectivity index (χ3v) is 21.0. The standard InChI is InChI=1S/C21H29NO6.C20H20N6O.C15H20BrNO2.C15H21NO3.C11H13NO2.C8H8BrNO2.C3H7BO2/c1-20(2,3)27-18(24)22(19(25)28-21(4,5)6)16-11-10-14(17(23)26-7)12-15(16)13-8-9-13;1-11-2-7-17(27-11)19-25-20(22)24-18-14(10-23-26(18)19)8-12-3-6-16(21)15(9-12)13-4-5-13;1-15(2,3)19-14(18)17-13-7-4-10(9-16)8-12(13)11-5-6-11;1-15(2,3)19-14(18)16-13-7-4-10(9-17)8-12(13)11-5-6-11;1-14-11(13)8-4-5-10(12)9(6-8)7-2-3-7;1-12-8(11)5-2-3-7(10)6(9)4-5;5-4(6)3-1-2-3/h10-13H,8-9H2,1-7H3;2-3,6-7,9-10,13H,4-5,8,21H2,1H3,(H2,22,24);4,7-8,11H,5-6,9H2,1-3H3,(H,17,18);4,7-8,11,17H,5-6,9H2,1-3H3,(H,16,18);4-7H,2-3,12H2,1H3;2-4H,10H2,1H3;3,5-6H,1-2H2. The highest BCUT2D eigenvalue weighted by atomic mass is 79.9. The van der Waals surface area contributed by atoms with E-state index >= 15 is 0 Å². The number of methoxy groups -OCH3 is 3.